The Balaban J connectivity index is 2.34. The van der Waals surface area contributed by atoms with Crippen molar-refractivity contribution in [3.8, 4) is 0 Å². The van der Waals surface area contributed by atoms with Crippen molar-refractivity contribution in [2.24, 2.45) is 18.8 Å². The Morgan fingerprint density at radius 2 is 2.05 bits per heavy atom. The highest BCUT2D eigenvalue weighted by molar-refractivity contribution is 5.32. The molecule has 0 amide bonds. The van der Waals surface area contributed by atoms with E-state index in [4.69, 9.17) is 5.84 Å². The van der Waals surface area contributed by atoms with Crippen molar-refractivity contribution in [1.29, 1.82) is 0 Å². The predicted molar refractivity (Wildman–Crippen MR) is 86.7 cm³/mol. The summed E-state index contributed by atoms with van der Waals surface area (Å²) < 4.78 is 1.92. The van der Waals surface area contributed by atoms with Gasteiger partial charge >= 0.3 is 0 Å². The highest BCUT2D eigenvalue weighted by atomic mass is 15.3. The summed E-state index contributed by atoms with van der Waals surface area (Å²) in [5.41, 5.74) is 7.64. The first-order valence-corrected chi connectivity index (χ1v) is 7.63. The Labute approximate surface area is 127 Å². The minimum absolute atomic E-state index is 0.0325. The van der Waals surface area contributed by atoms with E-state index in [-0.39, 0.29) is 6.04 Å². The van der Waals surface area contributed by atoms with Gasteiger partial charge in [0.25, 0.3) is 0 Å². The van der Waals surface area contributed by atoms with Gasteiger partial charge in [0.2, 0.25) is 0 Å². The average molecular weight is 286 g/mol. The van der Waals surface area contributed by atoms with Gasteiger partial charge in [-0.25, -0.2) is 5.43 Å². The quantitative estimate of drug-likeness (QED) is 0.634. The van der Waals surface area contributed by atoms with E-state index in [1.165, 1.54) is 11.1 Å². The van der Waals surface area contributed by atoms with E-state index in [0.717, 1.165) is 24.2 Å². The van der Waals surface area contributed by atoms with Crippen LogP contribution in [-0.4, -0.2) is 9.78 Å². The number of aryl methyl sites for hydroxylation is 2. The maximum absolute atomic E-state index is 5.82. The number of aromatic nitrogens is 2. The van der Waals surface area contributed by atoms with Crippen molar-refractivity contribution < 1.29 is 0 Å². The first-order chi connectivity index (χ1) is 10.0. The lowest BCUT2D eigenvalue weighted by molar-refractivity contribution is 0.572. The molecule has 0 radical (unpaired) electrons. The molecule has 4 heteroatoms. The van der Waals surface area contributed by atoms with E-state index in [0.29, 0.717) is 5.92 Å². The number of rotatable bonds is 6. The number of nitrogens with zero attached hydrogens (tertiary/aromatic N) is 2. The molecule has 114 valence electrons. The molecule has 0 aliphatic rings. The highest BCUT2D eigenvalue weighted by Gasteiger charge is 2.17. The smallest absolute Gasteiger partial charge is 0.0878 e. The molecule has 0 fully saturated rings. The fraction of sp³-hybridized carbons (Fsp3) is 0.471. The van der Waals surface area contributed by atoms with Crippen LogP contribution in [0.3, 0.4) is 0 Å². The van der Waals surface area contributed by atoms with Crippen LogP contribution >= 0.6 is 0 Å². The molecule has 0 spiro atoms. The van der Waals surface area contributed by atoms with Gasteiger partial charge in [-0.1, -0.05) is 45.0 Å². The Morgan fingerprint density at radius 1 is 1.29 bits per heavy atom. The fourth-order valence-corrected chi connectivity index (χ4v) is 2.71. The lowest BCUT2D eigenvalue weighted by Gasteiger charge is -2.18. The molecule has 0 aliphatic carbocycles. The van der Waals surface area contributed by atoms with Crippen LogP contribution in [0.25, 0.3) is 0 Å². The summed E-state index contributed by atoms with van der Waals surface area (Å²) in [6, 6.07) is 10.7. The zero-order valence-electron chi connectivity index (χ0n) is 13.4. The van der Waals surface area contributed by atoms with Crippen molar-refractivity contribution in [3.63, 3.8) is 0 Å². The maximum atomic E-state index is 5.82. The summed E-state index contributed by atoms with van der Waals surface area (Å²) in [6.45, 7) is 6.58. The van der Waals surface area contributed by atoms with Crippen LogP contribution in [-0.2, 0) is 19.9 Å². The summed E-state index contributed by atoms with van der Waals surface area (Å²) in [5.74, 6) is 6.46. The zero-order chi connectivity index (χ0) is 15.4. The molecule has 1 unspecified atom stereocenters. The molecule has 2 aromatic rings. The largest absolute Gasteiger partial charge is 0.271 e. The second-order valence-corrected chi connectivity index (χ2v) is 5.98. The van der Waals surface area contributed by atoms with Crippen molar-refractivity contribution in [1.82, 2.24) is 15.2 Å². The van der Waals surface area contributed by atoms with Crippen LogP contribution in [0.5, 0.6) is 0 Å². The Hall–Kier alpha value is -1.65. The van der Waals surface area contributed by atoms with E-state index < -0.39 is 0 Å². The van der Waals surface area contributed by atoms with Crippen LogP contribution in [0.1, 0.15) is 49.3 Å². The molecule has 2 rings (SSSR count). The van der Waals surface area contributed by atoms with Crippen molar-refractivity contribution in [3.05, 3.63) is 52.8 Å². The molecular formula is C17H26N4. The summed E-state index contributed by atoms with van der Waals surface area (Å²) in [7, 11) is 1.97. The van der Waals surface area contributed by atoms with Gasteiger partial charge in [-0.2, -0.15) is 5.10 Å². The van der Waals surface area contributed by atoms with Gasteiger partial charge in [-0.3, -0.25) is 10.5 Å². The monoisotopic (exact) mass is 286 g/mol. The highest BCUT2D eigenvalue weighted by Crippen LogP contribution is 2.23. The molecule has 4 nitrogen and oxygen atoms in total. The molecule has 1 atom stereocenters. The minimum atomic E-state index is -0.0325. The topological polar surface area (TPSA) is 55.9 Å². The summed E-state index contributed by atoms with van der Waals surface area (Å²) in [6.07, 6.45) is 2.01. The molecule has 3 N–H and O–H groups in total. The van der Waals surface area contributed by atoms with Gasteiger partial charge in [0.15, 0.2) is 0 Å². The van der Waals surface area contributed by atoms with Gasteiger partial charge < -0.3 is 0 Å². The second kappa shape index (κ2) is 6.87. The van der Waals surface area contributed by atoms with E-state index in [1.54, 1.807) is 0 Å². The second-order valence-electron chi connectivity index (χ2n) is 5.98. The Bertz CT molecular complexity index is 586. The molecule has 0 aliphatic heterocycles. The molecule has 0 saturated heterocycles. The number of hydrogen-bond donors (Lipinski definition) is 2. The number of nitrogens with two attached hydrogens (primary N) is 1. The third-order valence-corrected chi connectivity index (χ3v) is 3.72. The first kappa shape index (κ1) is 15.7. The third kappa shape index (κ3) is 3.71. The Morgan fingerprint density at radius 3 is 2.62 bits per heavy atom. The number of hydrazine groups is 1. The van der Waals surface area contributed by atoms with Crippen LogP contribution in [0, 0.1) is 5.92 Å². The van der Waals surface area contributed by atoms with Crippen molar-refractivity contribution in [2.45, 2.75) is 39.7 Å². The van der Waals surface area contributed by atoms with Gasteiger partial charge in [0, 0.05) is 7.05 Å². The van der Waals surface area contributed by atoms with Crippen LogP contribution in [0.15, 0.2) is 30.3 Å². The van der Waals surface area contributed by atoms with E-state index >= 15 is 0 Å². The summed E-state index contributed by atoms with van der Waals surface area (Å²) >= 11 is 0. The number of benzene rings is 1. The fourth-order valence-electron chi connectivity index (χ4n) is 2.71. The van der Waals surface area contributed by atoms with Crippen LogP contribution in [0.2, 0.25) is 0 Å². The van der Waals surface area contributed by atoms with Gasteiger partial charge in [-0.05, 0) is 36.0 Å². The van der Waals surface area contributed by atoms with E-state index in [1.807, 2.05) is 11.7 Å². The standard InChI is InChI=1S/C17H26N4/c1-5-15-11-16(21(4)20-15)17(19-18)14-8-6-7-13(10-14)9-12(2)3/h6-8,10-12,17,19H,5,9,18H2,1-4H3. The summed E-state index contributed by atoms with van der Waals surface area (Å²) in [4.78, 5) is 0. The van der Waals surface area contributed by atoms with Gasteiger partial charge in [-0.15, -0.1) is 0 Å². The first-order valence-electron chi connectivity index (χ1n) is 7.63. The summed E-state index contributed by atoms with van der Waals surface area (Å²) in [5, 5.41) is 4.52. The van der Waals surface area contributed by atoms with Gasteiger partial charge in [0.1, 0.15) is 0 Å². The van der Waals surface area contributed by atoms with Crippen molar-refractivity contribution >= 4 is 0 Å². The molecule has 1 aromatic heterocycles. The Kier molecular flexibility index (Phi) is 5.15. The molecule has 0 bridgehead atoms. The number of hydrogen-bond acceptors (Lipinski definition) is 3. The normalized spacial score (nSPS) is 12.9. The maximum Gasteiger partial charge on any atom is 0.0878 e. The molecule has 0 saturated carbocycles. The van der Waals surface area contributed by atoms with Crippen LogP contribution < -0.4 is 11.3 Å². The molecule has 1 heterocycles. The minimum Gasteiger partial charge on any atom is -0.271 e. The zero-order valence-corrected chi connectivity index (χ0v) is 13.4. The molecular weight excluding hydrogens is 260 g/mol. The lowest BCUT2D eigenvalue weighted by Crippen LogP contribution is -2.30. The molecule has 21 heavy (non-hydrogen) atoms. The van der Waals surface area contributed by atoms with Crippen LogP contribution in [0.4, 0.5) is 0 Å². The van der Waals surface area contributed by atoms with Gasteiger partial charge in [0.05, 0.1) is 17.4 Å². The SMILES string of the molecule is CCc1cc(C(NN)c2cccc(CC(C)C)c2)n(C)n1. The third-order valence-electron chi connectivity index (χ3n) is 3.72. The average Bonchev–Trinajstić information content (AvgIpc) is 2.81. The van der Waals surface area contributed by atoms with E-state index in [9.17, 15) is 0 Å². The van der Waals surface area contributed by atoms with E-state index in [2.05, 4.69) is 61.6 Å². The predicted octanol–water partition coefficient (Wildman–Crippen LogP) is 2.73. The lowest BCUT2D eigenvalue weighted by atomic mass is 9.97. The van der Waals surface area contributed by atoms with Crippen molar-refractivity contribution in [2.75, 3.05) is 0 Å². The molecule has 1 aromatic carbocycles. The number of nitrogens with one attached hydrogen (secondary N) is 1.